The van der Waals surface area contributed by atoms with Crippen molar-refractivity contribution in [3.8, 4) is 0 Å². The topological polar surface area (TPSA) is 70.9 Å². The molecule has 5 heteroatoms. The molecule has 0 aliphatic heterocycles. The lowest BCUT2D eigenvalue weighted by Crippen LogP contribution is -2.38. The summed E-state index contributed by atoms with van der Waals surface area (Å²) in [6, 6.07) is 7.81. The molecule has 1 aromatic heterocycles. The molecule has 2 rings (SSSR count). The minimum absolute atomic E-state index is 0. The molecule has 0 aliphatic rings. The van der Waals surface area contributed by atoms with Crippen molar-refractivity contribution in [2.45, 2.75) is 25.8 Å². The zero-order valence-electron chi connectivity index (χ0n) is 11.0. The average molecular weight is 282 g/mol. The Balaban J connectivity index is 0.00000180. The van der Waals surface area contributed by atoms with Crippen LogP contribution in [-0.2, 0) is 11.2 Å². The SMILES string of the molecule is C[C@H](N)C(=O)NCCCc1c[nH]c2ccccc12.Cl. The summed E-state index contributed by atoms with van der Waals surface area (Å²) in [4.78, 5) is 14.5. The maximum absolute atomic E-state index is 11.3. The predicted molar refractivity (Wildman–Crippen MR) is 80.5 cm³/mol. The first-order chi connectivity index (χ1) is 8.68. The van der Waals surface area contributed by atoms with Crippen LogP contribution < -0.4 is 11.1 Å². The number of benzene rings is 1. The van der Waals surface area contributed by atoms with Gasteiger partial charge >= 0.3 is 0 Å². The molecule has 2 aromatic rings. The van der Waals surface area contributed by atoms with Crippen molar-refractivity contribution in [3.63, 3.8) is 0 Å². The number of amides is 1. The van der Waals surface area contributed by atoms with Gasteiger partial charge in [-0.15, -0.1) is 12.4 Å². The van der Waals surface area contributed by atoms with Crippen LogP contribution in [0, 0.1) is 0 Å². The van der Waals surface area contributed by atoms with Gasteiger partial charge in [0.1, 0.15) is 0 Å². The third-order valence-electron chi connectivity index (χ3n) is 3.01. The molecule has 104 valence electrons. The summed E-state index contributed by atoms with van der Waals surface area (Å²) in [6.07, 6.45) is 3.90. The maximum Gasteiger partial charge on any atom is 0.236 e. The van der Waals surface area contributed by atoms with Gasteiger partial charge in [-0.1, -0.05) is 18.2 Å². The van der Waals surface area contributed by atoms with E-state index in [4.69, 9.17) is 5.73 Å². The smallest absolute Gasteiger partial charge is 0.236 e. The molecule has 0 saturated carbocycles. The van der Waals surface area contributed by atoms with E-state index in [1.807, 2.05) is 18.3 Å². The van der Waals surface area contributed by atoms with E-state index in [-0.39, 0.29) is 18.3 Å². The number of nitrogens with two attached hydrogens (primary N) is 1. The van der Waals surface area contributed by atoms with Crippen molar-refractivity contribution in [2.24, 2.45) is 5.73 Å². The number of carbonyl (C=O) groups excluding carboxylic acids is 1. The predicted octanol–water partition coefficient (Wildman–Crippen LogP) is 1.99. The number of hydrogen-bond donors (Lipinski definition) is 3. The van der Waals surface area contributed by atoms with Crippen molar-refractivity contribution in [2.75, 3.05) is 6.54 Å². The molecule has 19 heavy (non-hydrogen) atoms. The molecule has 0 unspecified atom stereocenters. The van der Waals surface area contributed by atoms with Gasteiger partial charge < -0.3 is 16.0 Å². The molecular weight excluding hydrogens is 262 g/mol. The normalized spacial score (nSPS) is 11.9. The van der Waals surface area contributed by atoms with Gasteiger partial charge in [0.2, 0.25) is 5.91 Å². The lowest BCUT2D eigenvalue weighted by atomic mass is 10.1. The Kier molecular flexibility index (Phi) is 5.86. The number of fused-ring (bicyclic) bond motifs is 1. The summed E-state index contributed by atoms with van der Waals surface area (Å²) in [7, 11) is 0. The molecule has 0 saturated heterocycles. The highest BCUT2D eigenvalue weighted by atomic mass is 35.5. The first-order valence-corrected chi connectivity index (χ1v) is 6.27. The van der Waals surface area contributed by atoms with Crippen LogP contribution >= 0.6 is 12.4 Å². The third kappa shape index (κ3) is 3.98. The van der Waals surface area contributed by atoms with E-state index in [2.05, 4.69) is 22.4 Å². The van der Waals surface area contributed by atoms with E-state index < -0.39 is 6.04 Å². The van der Waals surface area contributed by atoms with Gasteiger partial charge in [-0.2, -0.15) is 0 Å². The molecule has 1 heterocycles. The van der Waals surface area contributed by atoms with E-state index in [0.717, 1.165) is 18.4 Å². The molecule has 1 aromatic carbocycles. The van der Waals surface area contributed by atoms with Gasteiger partial charge in [0.05, 0.1) is 6.04 Å². The molecular formula is C14H20ClN3O. The monoisotopic (exact) mass is 281 g/mol. The number of carbonyl (C=O) groups is 1. The van der Waals surface area contributed by atoms with Crippen LogP contribution in [0.5, 0.6) is 0 Å². The Labute approximate surface area is 119 Å². The number of nitrogens with one attached hydrogen (secondary N) is 2. The number of aryl methyl sites for hydroxylation is 1. The van der Waals surface area contributed by atoms with E-state index in [1.165, 1.54) is 10.9 Å². The van der Waals surface area contributed by atoms with Gasteiger partial charge in [-0.25, -0.2) is 0 Å². The molecule has 0 aliphatic carbocycles. The molecule has 0 radical (unpaired) electrons. The van der Waals surface area contributed by atoms with Crippen molar-refractivity contribution in [3.05, 3.63) is 36.0 Å². The number of aromatic nitrogens is 1. The standard InChI is InChI=1S/C14H19N3O.ClH/c1-10(15)14(18)16-8-4-5-11-9-17-13-7-3-2-6-12(11)13;/h2-3,6-7,9-10,17H,4-5,8,15H2,1H3,(H,16,18);1H/t10-;/m0./s1. The van der Waals surface area contributed by atoms with Gasteiger partial charge in [-0.05, 0) is 31.4 Å². The number of aromatic amines is 1. The largest absolute Gasteiger partial charge is 0.361 e. The second-order valence-corrected chi connectivity index (χ2v) is 4.54. The van der Waals surface area contributed by atoms with Gasteiger partial charge in [0.15, 0.2) is 0 Å². The first-order valence-electron chi connectivity index (χ1n) is 6.27. The zero-order valence-corrected chi connectivity index (χ0v) is 11.8. The van der Waals surface area contributed by atoms with Crippen LogP contribution in [0.1, 0.15) is 18.9 Å². The van der Waals surface area contributed by atoms with E-state index in [9.17, 15) is 4.79 Å². The third-order valence-corrected chi connectivity index (χ3v) is 3.01. The number of para-hydroxylation sites is 1. The summed E-state index contributed by atoms with van der Waals surface area (Å²) in [6.45, 7) is 2.36. The molecule has 4 nitrogen and oxygen atoms in total. The van der Waals surface area contributed by atoms with Crippen molar-refractivity contribution >= 4 is 29.2 Å². The minimum atomic E-state index is -0.432. The summed E-state index contributed by atoms with van der Waals surface area (Å²) in [5.41, 5.74) is 7.92. The lowest BCUT2D eigenvalue weighted by molar-refractivity contribution is -0.121. The molecule has 0 fully saturated rings. The Morgan fingerprint density at radius 3 is 2.89 bits per heavy atom. The number of H-pyrrole nitrogens is 1. The Hall–Kier alpha value is -1.52. The quantitative estimate of drug-likeness (QED) is 0.734. The van der Waals surface area contributed by atoms with Crippen LogP contribution in [0.4, 0.5) is 0 Å². The highest BCUT2D eigenvalue weighted by molar-refractivity contribution is 5.85. The van der Waals surface area contributed by atoms with Crippen molar-refractivity contribution < 1.29 is 4.79 Å². The lowest BCUT2D eigenvalue weighted by Gasteiger charge is -2.07. The van der Waals surface area contributed by atoms with Crippen LogP contribution in [0.25, 0.3) is 10.9 Å². The van der Waals surface area contributed by atoms with Crippen LogP contribution in [-0.4, -0.2) is 23.5 Å². The second kappa shape index (κ2) is 7.16. The average Bonchev–Trinajstić information content (AvgIpc) is 2.77. The summed E-state index contributed by atoms with van der Waals surface area (Å²) in [5, 5.41) is 4.08. The molecule has 1 atom stereocenters. The Bertz CT molecular complexity index is 536. The molecule has 4 N–H and O–H groups in total. The number of rotatable bonds is 5. The number of hydrogen-bond acceptors (Lipinski definition) is 2. The van der Waals surface area contributed by atoms with Crippen LogP contribution in [0.2, 0.25) is 0 Å². The molecule has 0 spiro atoms. The molecule has 0 bridgehead atoms. The van der Waals surface area contributed by atoms with E-state index in [1.54, 1.807) is 6.92 Å². The van der Waals surface area contributed by atoms with Crippen LogP contribution in [0.15, 0.2) is 30.5 Å². The highest BCUT2D eigenvalue weighted by Gasteiger charge is 2.06. The maximum atomic E-state index is 11.3. The van der Waals surface area contributed by atoms with Gasteiger partial charge in [0, 0.05) is 23.6 Å². The summed E-state index contributed by atoms with van der Waals surface area (Å²) >= 11 is 0. The minimum Gasteiger partial charge on any atom is -0.361 e. The fourth-order valence-corrected chi connectivity index (χ4v) is 1.99. The van der Waals surface area contributed by atoms with Crippen LogP contribution in [0.3, 0.4) is 0 Å². The fourth-order valence-electron chi connectivity index (χ4n) is 1.99. The summed E-state index contributed by atoms with van der Waals surface area (Å²) in [5.74, 6) is -0.0890. The van der Waals surface area contributed by atoms with E-state index in [0.29, 0.717) is 6.54 Å². The first kappa shape index (κ1) is 15.5. The summed E-state index contributed by atoms with van der Waals surface area (Å²) < 4.78 is 0. The Morgan fingerprint density at radius 1 is 1.42 bits per heavy atom. The highest BCUT2D eigenvalue weighted by Crippen LogP contribution is 2.18. The van der Waals surface area contributed by atoms with Crippen molar-refractivity contribution in [1.29, 1.82) is 0 Å². The number of halogens is 1. The zero-order chi connectivity index (χ0) is 13.0. The van der Waals surface area contributed by atoms with Gasteiger partial charge in [-0.3, -0.25) is 4.79 Å². The second-order valence-electron chi connectivity index (χ2n) is 4.54. The fraction of sp³-hybridized carbons (Fsp3) is 0.357. The Morgan fingerprint density at radius 2 is 2.16 bits per heavy atom. The van der Waals surface area contributed by atoms with E-state index >= 15 is 0 Å². The van der Waals surface area contributed by atoms with Gasteiger partial charge in [0.25, 0.3) is 0 Å². The van der Waals surface area contributed by atoms with Crippen molar-refractivity contribution in [1.82, 2.24) is 10.3 Å². The molecule has 1 amide bonds.